The molecule has 6 nitrogen and oxygen atoms in total. The van der Waals surface area contributed by atoms with Crippen LogP contribution < -0.4 is 5.32 Å². The number of nitrogens with one attached hydrogen (secondary N) is 1. The molecule has 116 valence electrons. The van der Waals surface area contributed by atoms with E-state index in [2.05, 4.69) is 36.7 Å². The fourth-order valence-electron chi connectivity index (χ4n) is 1.92. The molecule has 0 unspecified atom stereocenters. The summed E-state index contributed by atoms with van der Waals surface area (Å²) in [5.41, 5.74) is 0.903. The fraction of sp³-hybridized carbons (Fsp3) is 0.0667. The number of benzene rings is 2. The van der Waals surface area contributed by atoms with Gasteiger partial charge in [-0.2, -0.15) is 4.80 Å². The van der Waals surface area contributed by atoms with E-state index in [4.69, 9.17) is 0 Å². The van der Waals surface area contributed by atoms with E-state index in [9.17, 15) is 9.18 Å². The zero-order chi connectivity index (χ0) is 16.2. The summed E-state index contributed by atoms with van der Waals surface area (Å²) in [5, 5.41) is 14.3. The predicted molar refractivity (Wildman–Crippen MR) is 86.0 cm³/mol. The number of rotatable bonds is 4. The van der Waals surface area contributed by atoms with Gasteiger partial charge in [-0.3, -0.25) is 4.79 Å². The summed E-state index contributed by atoms with van der Waals surface area (Å²) in [7, 11) is 0. The molecule has 0 aliphatic rings. The van der Waals surface area contributed by atoms with Crippen LogP contribution in [0.2, 0.25) is 0 Å². The molecule has 23 heavy (non-hydrogen) atoms. The van der Waals surface area contributed by atoms with Gasteiger partial charge in [0.2, 0.25) is 11.7 Å². The smallest absolute Gasteiger partial charge is 0.248 e. The van der Waals surface area contributed by atoms with Crippen LogP contribution in [0.25, 0.3) is 11.4 Å². The lowest BCUT2D eigenvalue weighted by Crippen LogP contribution is -2.20. The van der Waals surface area contributed by atoms with Crippen LogP contribution in [-0.4, -0.2) is 26.1 Å². The summed E-state index contributed by atoms with van der Waals surface area (Å²) in [6.07, 6.45) is 0. The number of halogens is 2. The third-order valence-electron chi connectivity index (χ3n) is 2.98. The third-order valence-corrected chi connectivity index (χ3v) is 3.51. The van der Waals surface area contributed by atoms with Crippen LogP contribution in [0.15, 0.2) is 53.0 Å². The Bertz CT molecular complexity index is 834. The second-order valence-corrected chi connectivity index (χ2v) is 5.59. The first-order valence-electron chi connectivity index (χ1n) is 6.70. The van der Waals surface area contributed by atoms with Crippen molar-refractivity contribution in [1.82, 2.24) is 20.2 Å². The van der Waals surface area contributed by atoms with Gasteiger partial charge in [0.15, 0.2) is 0 Å². The molecule has 0 aliphatic carbocycles. The highest BCUT2D eigenvalue weighted by Gasteiger charge is 2.12. The summed E-state index contributed by atoms with van der Waals surface area (Å²) in [5.74, 6) is -0.601. The molecule has 1 N–H and O–H groups in total. The minimum absolute atomic E-state index is 0.114. The molecular weight excluding hydrogens is 365 g/mol. The van der Waals surface area contributed by atoms with Gasteiger partial charge in [0.25, 0.3) is 0 Å². The van der Waals surface area contributed by atoms with Crippen molar-refractivity contribution in [2.24, 2.45) is 0 Å². The zero-order valence-electron chi connectivity index (χ0n) is 11.8. The first-order valence-corrected chi connectivity index (χ1v) is 7.49. The fourth-order valence-corrected chi connectivity index (χ4v) is 2.19. The van der Waals surface area contributed by atoms with Crippen molar-refractivity contribution in [3.8, 4) is 11.4 Å². The third kappa shape index (κ3) is 3.78. The molecule has 1 heterocycles. The number of hydrogen-bond donors (Lipinski definition) is 1. The Morgan fingerprint density at radius 1 is 1.17 bits per heavy atom. The van der Waals surface area contributed by atoms with E-state index < -0.39 is 5.82 Å². The van der Waals surface area contributed by atoms with Gasteiger partial charge in [-0.25, -0.2) is 4.39 Å². The van der Waals surface area contributed by atoms with E-state index in [1.807, 2.05) is 12.1 Å². The van der Waals surface area contributed by atoms with E-state index in [1.165, 1.54) is 6.07 Å². The van der Waals surface area contributed by atoms with Gasteiger partial charge in [0.1, 0.15) is 12.4 Å². The van der Waals surface area contributed by atoms with E-state index >= 15 is 0 Å². The first-order chi connectivity index (χ1) is 11.1. The number of aromatic nitrogens is 4. The average molecular weight is 376 g/mol. The van der Waals surface area contributed by atoms with Crippen LogP contribution in [0.5, 0.6) is 0 Å². The SMILES string of the molecule is O=C(Cn1nnc(-c2ccccc2F)n1)Nc1ccc(Br)cc1. The first kappa shape index (κ1) is 15.3. The maximum absolute atomic E-state index is 13.7. The Hall–Kier alpha value is -2.61. The second kappa shape index (κ2) is 6.66. The highest BCUT2D eigenvalue weighted by atomic mass is 79.9. The molecule has 3 rings (SSSR count). The summed E-state index contributed by atoms with van der Waals surface area (Å²) in [4.78, 5) is 13.1. The summed E-state index contributed by atoms with van der Waals surface area (Å²) < 4.78 is 14.6. The van der Waals surface area contributed by atoms with Crippen molar-refractivity contribution >= 4 is 27.5 Å². The highest BCUT2D eigenvalue weighted by molar-refractivity contribution is 9.10. The molecule has 2 aromatic carbocycles. The maximum Gasteiger partial charge on any atom is 0.248 e. The molecule has 3 aromatic rings. The van der Waals surface area contributed by atoms with E-state index in [-0.39, 0.29) is 23.8 Å². The van der Waals surface area contributed by atoms with Crippen molar-refractivity contribution in [2.45, 2.75) is 6.54 Å². The molecule has 0 aliphatic heterocycles. The monoisotopic (exact) mass is 375 g/mol. The molecule has 0 saturated carbocycles. The van der Waals surface area contributed by atoms with Crippen molar-refractivity contribution in [3.63, 3.8) is 0 Å². The van der Waals surface area contributed by atoms with E-state index in [0.717, 1.165) is 9.27 Å². The normalized spacial score (nSPS) is 10.5. The molecule has 1 aromatic heterocycles. The van der Waals surface area contributed by atoms with Crippen LogP contribution >= 0.6 is 15.9 Å². The number of hydrogen-bond acceptors (Lipinski definition) is 4. The lowest BCUT2D eigenvalue weighted by molar-refractivity contribution is -0.117. The lowest BCUT2D eigenvalue weighted by atomic mass is 10.2. The van der Waals surface area contributed by atoms with E-state index in [0.29, 0.717) is 5.69 Å². The number of nitrogens with zero attached hydrogens (tertiary/aromatic N) is 4. The second-order valence-electron chi connectivity index (χ2n) is 4.68. The Morgan fingerprint density at radius 3 is 2.65 bits per heavy atom. The van der Waals surface area contributed by atoms with E-state index in [1.54, 1.807) is 30.3 Å². The molecular formula is C15H11BrFN5O. The van der Waals surface area contributed by atoms with Crippen molar-refractivity contribution in [1.29, 1.82) is 0 Å². The van der Waals surface area contributed by atoms with Gasteiger partial charge >= 0.3 is 0 Å². The molecule has 0 atom stereocenters. The number of amides is 1. The van der Waals surface area contributed by atoms with Gasteiger partial charge in [0.05, 0.1) is 5.56 Å². The number of tetrazole rings is 1. The standard InChI is InChI=1S/C15H11BrFN5O/c16-10-5-7-11(8-6-10)18-14(23)9-22-20-15(19-21-22)12-3-1-2-4-13(12)17/h1-8H,9H2,(H,18,23). The molecule has 0 fully saturated rings. The van der Waals surface area contributed by atoms with Gasteiger partial charge in [-0.05, 0) is 41.6 Å². The summed E-state index contributed by atoms with van der Waals surface area (Å²) in [6.45, 7) is -0.114. The largest absolute Gasteiger partial charge is 0.324 e. The number of carbonyl (C=O) groups is 1. The Kier molecular flexibility index (Phi) is 4.42. The maximum atomic E-state index is 13.7. The van der Waals surface area contributed by atoms with Crippen LogP contribution in [0, 0.1) is 5.82 Å². The minimum Gasteiger partial charge on any atom is -0.324 e. The zero-order valence-corrected chi connectivity index (χ0v) is 13.4. The van der Waals surface area contributed by atoms with Crippen molar-refractivity contribution < 1.29 is 9.18 Å². The van der Waals surface area contributed by atoms with Crippen LogP contribution in [0.4, 0.5) is 10.1 Å². The molecule has 0 bridgehead atoms. The average Bonchev–Trinajstić information content (AvgIpc) is 2.98. The lowest BCUT2D eigenvalue weighted by Gasteiger charge is -2.04. The molecule has 0 radical (unpaired) electrons. The molecule has 1 amide bonds. The minimum atomic E-state index is -0.439. The summed E-state index contributed by atoms with van der Waals surface area (Å²) in [6, 6.07) is 13.3. The van der Waals surface area contributed by atoms with Crippen LogP contribution in [-0.2, 0) is 11.3 Å². The van der Waals surface area contributed by atoms with Gasteiger partial charge in [-0.1, -0.05) is 28.1 Å². The highest BCUT2D eigenvalue weighted by Crippen LogP contribution is 2.17. The summed E-state index contributed by atoms with van der Waals surface area (Å²) >= 11 is 3.32. The van der Waals surface area contributed by atoms with Crippen LogP contribution in [0.1, 0.15) is 0 Å². The van der Waals surface area contributed by atoms with Gasteiger partial charge in [-0.15, -0.1) is 10.2 Å². The Balaban J connectivity index is 1.68. The Labute approximate surface area is 139 Å². The predicted octanol–water partition coefficient (Wildman–Crippen LogP) is 2.88. The van der Waals surface area contributed by atoms with Gasteiger partial charge < -0.3 is 5.32 Å². The Morgan fingerprint density at radius 2 is 1.91 bits per heavy atom. The number of carbonyl (C=O) groups excluding carboxylic acids is 1. The quantitative estimate of drug-likeness (QED) is 0.760. The molecule has 0 spiro atoms. The molecule has 0 saturated heterocycles. The van der Waals surface area contributed by atoms with Gasteiger partial charge in [0, 0.05) is 10.2 Å². The van der Waals surface area contributed by atoms with Crippen molar-refractivity contribution in [3.05, 3.63) is 58.8 Å². The van der Waals surface area contributed by atoms with Crippen LogP contribution in [0.3, 0.4) is 0 Å². The topological polar surface area (TPSA) is 72.7 Å². The number of anilines is 1. The molecule has 8 heteroatoms. The van der Waals surface area contributed by atoms with Crippen molar-refractivity contribution in [2.75, 3.05) is 5.32 Å².